The van der Waals surface area contributed by atoms with E-state index >= 15 is 0 Å². The van der Waals surface area contributed by atoms with Crippen LogP contribution in [0.1, 0.15) is 11.7 Å². The molecule has 2 rings (SSSR count). The molecule has 0 bridgehead atoms. The van der Waals surface area contributed by atoms with Gasteiger partial charge in [0.1, 0.15) is 6.67 Å². The minimum Gasteiger partial charge on any atom is -0.376 e. The van der Waals surface area contributed by atoms with Crippen molar-refractivity contribution in [2.75, 3.05) is 13.8 Å². The Hall–Kier alpha value is -2.64. The summed E-state index contributed by atoms with van der Waals surface area (Å²) in [7, 11) is 1.41. The Balaban J connectivity index is 2.28. The van der Waals surface area contributed by atoms with Crippen LogP contribution >= 0.6 is 0 Å². The third-order valence-electron chi connectivity index (χ3n) is 2.91. The van der Waals surface area contributed by atoms with E-state index < -0.39 is 24.6 Å². The average Bonchev–Trinajstić information content (AvgIpc) is 2.94. The lowest BCUT2D eigenvalue weighted by molar-refractivity contribution is 0.0722. The van der Waals surface area contributed by atoms with Crippen molar-refractivity contribution in [3.8, 4) is 11.4 Å². The maximum Gasteiger partial charge on any atom is 0.439 e. The van der Waals surface area contributed by atoms with Crippen molar-refractivity contribution < 1.29 is 13.7 Å². The summed E-state index contributed by atoms with van der Waals surface area (Å²) in [6.07, 6.45) is -0.698. The molecular weight excluding hydrogens is 281 g/mol. The minimum atomic E-state index is -0.947. The fraction of sp³-hybridized carbons (Fsp3) is 0.333. The number of rotatable bonds is 6. The lowest BCUT2D eigenvalue weighted by Gasteiger charge is -2.20. The lowest BCUT2D eigenvalue weighted by atomic mass is 10.0. The smallest absolute Gasteiger partial charge is 0.376 e. The van der Waals surface area contributed by atoms with E-state index in [-0.39, 0.29) is 5.82 Å². The van der Waals surface area contributed by atoms with E-state index in [2.05, 4.69) is 24.7 Å². The molecule has 1 heterocycles. The molecule has 0 saturated heterocycles. The van der Waals surface area contributed by atoms with Gasteiger partial charge in [-0.15, -0.1) is 0 Å². The van der Waals surface area contributed by atoms with Crippen molar-refractivity contribution in [1.82, 2.24) is 10.1 Å². The topological polar surface area (TPSA) is 117 Å². The van der Waals surface area contributed by atoms with E-state index in [0.717, 1.165) is 0 Å². The molecule has 110 valence electrons. The number of nitrogens with zero attached hydrogens (tertiary/aromatic N) is 4. The van der Waals surface area contributed by atoms with Crippen molar-refractivity contribution in [3.63, 3.8) is 0 Å². The largest absolute Gasteiger partial charge is 0.439 e. The number of alkyl halides is 1. The predicted molar refractivity (Wildman–Crippen MR) is 71.2 cm³/mol. The van der Waals surface area contributed by atoms with E-state index in [1.807, 2.05) is 0 Å². The van der Waals surface area contributed by atoms with Crippen LogP contribution in [0.2, 0.25) is 0 Å². The zero-order chi connectivity index (χ0) is 15.2. The van der Waals surface area contributed by atoms with Gasteiger partial charge in [0.2, 0.25) is 0 Å². The second-order valence-corrected chi connectivity index (χ2v) is 4.15. The van der Waals surface area contributed by atoms with Crippen molar-refractivity contribution in [3.05, 3.63) is 50.8 Å². The number of nitrogens with one attached hydrogen (secondary N) is 1. The maximum absolute atomic E-state index is 12.9. The zero-order valence-electron chi connectivity index (χ0n) is 11.1. The lowest BCUT2D eigenvalue weighted by Crippen LogP contribution is -2.20. The third kappa shape index (κ3) is 3.28. The average molecular weight is 293 g/mol. The molecule has 8 nitrogen and oxygen atoms in total. The van der Waals surface area contributed by atoms with Gasteiger partial charge in [-0.1, -0.05) is 34.5 Å². The summed E-state index contributed by atoms with van der Waals surface area (Å²) in [5, 5.41) is 6.94. The minimum absolute atomic E-state index is 0.289. The van der Waals surface area contributed by atoms with Crippen LogP contribution in [0.25, 0.3) is 21.8 Å². The Morgan fingerprint density at radius 2 is 2.24 bits per heavy atom. The van der Waals surface area contributed by atoms with Crippen molar-refractivity contribution >= 4 is 0 Å². The van der Waals surface area contributed by atoms with Gasteiger partial charge in [-0.2, -0.15) is 0 Å². The fourth-order valence-electron chi connectivity index (χ4n) is 1.94. The van der Waals surface area contributed by atoms with Crippen LogP contribution in [0, 0.1) is 0 Å². The van der Waals surface area contributed by atoms with Crippen molar-refractivity contribution in [2.45, 2.75) is 12.1 Å². The highest BCUT2D eigenvalue weighted by atomic mass is 19.1. The second kappa shape index (κ2) is 6.69. The Labute approximate surface area is 118 Å². The molecule has 2 aromatic rings. The molecule has 0 aliphatic rings. The normalized spacial score (nSPS) is 13.4. The number of methoxy groups -OCH3 is 1. The molecule has 1 aromatic heterocycles. The summed E-state index contributed by atoms with van der Waals surface area (Å²) >= 11 is 0. The Morgan fingerprint density at radius 1 is 1.52 bits per heavy atom. The summed E-state index contributed by atoms with van der Waals surface area (Å²) < 4.78 is 22.5. The van der Waals surface area contributed by atoms with E-state index in [9.17, 15) is 9.18 Å². The molecule has 0 aliphatic heterocycles. The molecule has 1 N–H and O–H groups in total. The van der Waals surface area contributed by atoms with Gasteiger partial charge in [-0.3, -0.25) is 13.9 Å². The van der Waals surface area contributed by atoms with Gasteiger partial charge in [0, 0.05) is 17.6 Å². The molecule has 0 unspecified atom stereocenters. The van der Waals surface area contributed by atoms with Gasteiger partial charge < -0.3 is 4.74 Å². The highest BCUT2D eigenvalue weighted by Crippen LogP contribution is 2.25. The quantitative estimate of drug-likeness (QED) is 0.499. The number of ether oxygens (including phenoxy) is 1. The first-order valence-corrected chi connectivity index (χ1v) is 5.99. The Morgan fingerprint density at radius 3 is 2.71 bits per heavy atom. The predicted octanol–water partition coefficient (Wildman–Crippen LogP) is 2.37. The second-order valence-electron chi connectivity index (χ2n) is 4.15. The van der Waals surface area contributed by atoms with Gasteiger partial charge in [-0.05, 0) is 11.1 Å². The van der Waals surface area contributed by atoms with Crippen LogP contribution in [-0.2, 0) is 4.74 Å². The van der Waals surface area contributed by atoms with E-state index in [1.165, 1.54) is 7.11 Å². The van der Waals surface area contributed by atoms with E-state index in [1.54, 1.807) is 24.3 Å². The fourth-order valence-corrected chi connectivity index (χ4v) is 1.94. The first-order chi connectivity index (χ1) is 10.2. The zero-order valence-corrected chi connectivity index (χ0v) is 11.1. The molecule has 2 atom stereocenters. The molecule has 1 aromatic carbocycles. The molecule has 0 fully saturated rings. The Bertz CT molecular complexity index is 689. The SMILES string of the molecule is CO[C@H](c1ccc(-c2noc(=O)[nH]2)cc1)[C@@H](CF)N=[N+]=[N-]. The summed E-state index contributed by atoms with van der Waals surface area (Å²) in [4.78, 5) is 15.9. The third-order valence-corrected chi connectivity index (χ3v) is 2.91. The van der Waals surface area contributed by atoms with Gasteiger partial charge in [-0.25, -0.2) is 4.79 Å². The highest BCUT2D eigenvalue weighted by molar-refractivity contribution is 5.54. The number of aromatic amines is 1. The van der Waals surface area contributed by atoms with Crippen LogP contribution in [0.5, 0.6) is 0 Å². The van der Waals surface area contributed by atoms with Gasteiger partial charge >= 0.3 is 5.76 Å². The van der Waals surface area contributed by atoms with Crippen molar-refractivity contribution in [2.24, 2.45) is 5.11 Å². The van der Waals surface area contributed by atoms with Crippen molar-refractivity contribution in [1.29, 1.82) is 0 Å². The summed E-state index contributed by atoms with van der Waals surface area (Å²) in [5.74, 6) is -0.359. The number of halogens is 1. The molecule has 0 amide bonds. The first kappa shape index (κ1) is 14.8. The van der Waals surface area contributed by atoms with Crippen LogP contribution in [0.3, 0.4) is 0 Å². The van der Waals surface area contributed by atoms with Crippen LogP contribution in [-0.4, -0.2) is 30.0 Å². The number of hydrogen-bond donors (Lipinski definition) is 1. The molecule has 21 heavy (non-hydrogen) atoms. The monoisotopic (exact) mass is 293 g/mol. The molecular formula is C12H12FN5O3. The van der Waals surface area contributed by atoms with Gasteiger partial charge in [0.25, 0.3) is 0 Å². The standard InChI is InChI=1S/C12H12FN5O3/c1-20-10(9(6-13)16-18-14)7-2-4-8(5-3-7)11-15-12(19)21-17-11/h2-5,9-10H,6H2,1H3,(H,15,17,19)/t9-,10-/m1/s1. The number of benzene rings is 1. The summed E-state index contributed by atoms with van der Waals surface area (Å²) in [6, 6.07) is 5.73. The van der Waals surface area contributed by atoms with Crippen LogP contribution in [0.15, 0.2) is 38.7 Å². The molecule has 0 spiro atoms. The first-order valence-electron chi connectivity index (χ1n) is 5.99. The summed E-state index contributed by atoms with van der Waals surface area (Å²) in [6.45, 7) is -0.832. The number of aromatic nitrogens is 2. The number of hydrogen-bond acceptors (Lipinski definition) is 5. The highest BCUT2D eigenvalue weighted by Gasteiger charge is 2.22. The maximum atomic E-state index is 12.9. The van der Waals surface area contributed by atoms with E-state index in [4.69, 9.17) is 10.3 Å². The Kier molecular flexibility index (Phi) is 4.70. The number of azide groups is 1. The molecule has 0 saturated carbocycles. The van der Waals surface area contributed by atoms with Gasteiger partial charge in [0.05, 0.1) is 12.1 Å². The van der Waals surface area contributed by atoms with Crippen LogP contribution in [0.4, 0.5) is 4.39 Å². The van der Waals surface area contributed by atoms with Gasteiger partial charge in [0.15, 0.2) is 5.82 Å². The molecule has 0 aliphatic carbocycles. The summed E-state index contributed by atoms with van der Waals surface area (Å²) in [5.41, 5.74) is 9.70. The number of H-pyrrole nitrogens is 1. The molecule has 0 radical (unpaired) electrons. The van der Waals surface area contributed by atoms with Crippen LogP contribution < -0.4 is 5.76 Å². The molecule has 9 heteroatoms. The van der Waals surface area contributed by atoms with E-state index in [0.29, 0.717) is 11.1 Å².